The number of hydrogen-bond donors (Lipinski definition) is 3. The van der Waals surface area contributed by atoms with Gasteiger partial charge in [-0.1, -0.05) is 75.2 Å². The van der Waals surface area contributed by atoms with Crippen molar-refractivity contribution in [2.45, 2.75) is 104 Å². The summed E-state index contributed by atoms with van der Waals surface area (Å²) in [6.45, 7) is 12.1. The number of nitrogens with two attached hydrogens (primary N) is 3. The number of ether oxygens (including phenoxy) is 2. The van der Waals surface area contributed by atoms with Crippen LogP contribution >= 0.6 is 24.0 Å². The van der Waals surface area contributed by atoms with E-state index in [0.717, 1.165) is 77.9 Å². The number of carbonyl (C=O) groups is 1. The van der Waals surface area contributed by atoms with Crippen LogP contribution in [0.1, 0.15) is 110 Å². The first-order valence-corrected chi connectivity index (χ1v) is 22.1. The molecule has 7 N–H and O–H groups in total. The maximum Gasteiger partial charge on any atom is 1.00 e. The molecule has 0 spiro atoms. The number of carbonyl (C=O) groups excluding carboxylic acids is 1. The van der Waals surface area contributed by atoms with Crippen LogP contribution in [0.25, 0.3) is 11.1 Å². The van der Waals surface area contributed by atoms with Crippen LogP contribution in [0.4, 0.5) is 11.6 Å². The molecular weight excluding hydrogens is 930 g/mol. The summed E-state index contributed by atoms with van der Waals surface area (Å²) in [5.74, 6) is 0.327. The van der Waals surface area contributed by atoms with Crippen molar-refractivity contribution in [3.05, 3.63) is 104 Å². The molecule has 0 atom stereocenters. The van der Waals surface area contributed by atoms with Gasteiger partial charge in [0.15, 0.2) is 0 Å². The molecule has 2 aromatic carbocycles. The molecular formula is C48H62IN10NaO4. The molecule has 0 saturated carbocycles. The van der Waals surface area contributed by atoms with Gasteiger partial charge in [0.2, 0.25) is 5.91 Å². The quantitative estimate of drug-likeness (QED) is 0.0767. The van der Waals surface area contributed by atoms with Gasteiger partial charge in [0.1, 0.15) is 11.6 Å². The largest absolute Gasteiger partial charge is 1.00 e. The minimum atomic E-state index is -0.438. The number of likely N-dealkylation sites (tertiary alicyclic amines) is 2. The van der Waals surface area contributed by atoms with Crippen molar-refractivity contribution >= 4 is 52.7 Å². The summed E-state index contributed by atoms with van der Waals surface area (Å²) < 4.78 is 11.4. The van der Waals surface area contributed by atoms with Crippen molar-refractivity contribution in [3.8, 4) is 18.1 Å². The fourth-order valence-corrected chi connectivity index (χ4v) is 8.46. The van der Waals surface area contributed by atoms with Gasteiger partial charge in [0, 0.05) is 61.0 Å². The second kappa shape index (κ2) is 25.5. The average Bonchev–Trinajstić information content (AvgIpc) is 4.09. The first-order valence-electron chi connectivity index (χ1n) is 22.1. The van der Waals surface area contributed by atoms with Crippen molar-refractivity contribution in [1.82, 2.24) is 29.7 Å². The number of primary amides is 1. The van der Waals surface area contributed by atoms with E-state index in [-0.39, 0.29) is 65.0 Å². The zero-order valence-electron chi connectivity index (χ0n) is 37.7. The number of fused-ring (bicyclic) bond motifs is 2. The molecule has 16 heteroatoms. The van der Waals surface area contributed by atoms with E-state index in [2.05, 4.69) is 98.2 Å². The minimum absolute atomic E-state index is 0. The van der Waals surface area contributed by atoms with Gasteiger partial charge < -0.3 is 32.2 Å². The molecule has 2 aliphatic carbocycles. The molecule has 0 unspecified atom stereocenters. The Labute approximate surface area is 417 Å². The normalized spacial score (nSPS) is 15.3. The molecule has 2 aromatic heterocycles. The summed E-state index contributed by atoms with van der Waals surface area (Å²) in [6.07, 6.45) is 11.2. The predicted molar refractivity (Wildman–Crippen MR) is 256 cm³/mol. The number of anilines is 2. The number of benzene rings is 2. The van der Waals surface area contributed by atoms with Gasteiger partial charge in [-0.2, -0.15) is 25.2 Å². The van der Waals surface area contributed by atoms with Crippen LogP contribution in [-0.2, 0) is 43.6 Å². The topological polar surface area (TPSA) is 225 Å². The smallest absolute Gasteiger partial charge is 0.870 e. The van der Waals surface area contributed by atoms with E-state index in [9.17, 15) is 10.1 Å². The number of nitrogen functional groups attached to an aromatic ring is 2. The third-order valence-corrected chi connectivity index (χ3v) is 12.0. The molecule has 0 radical (unpaired) electrons. The Balaban J connectivity index is 0.000000268. The summed E-state index contributed by atoms with van der Waals surface area (Å²) in [5.41, 5.74) is 29.1. The molecule has 2 fully saturated rings. The van der Waals surface area contributed by atoms with Crippen molar-refractivity contribution in [3.63, 3.8) is 0 Å². The first kappa shape index (κ1) is 52.5. The monoisotopic (exact) mass is 992 g/mol. The second-order valence-electron chi connectivity index (χ2n) is 16.5. The van der Waals surface area contributed by atoms with Crippen molar-refractivity contribution in [2.24, 2.45) is 5.73 Å². The van der Waals surface area contributed by atoms with E-state index < -0.39 is 5.91 Å². The number of halogens is 1. The number of rotatable bonds is 17. The molecule has 2 aliphatic heterocycles. The number of aromatic nitrogens is 4. The fourth-order valence-electron chi connectivity index (χ4n) is 8.46. The van der Waals surface area contributed by atoms with E-state index in [1.165, 1.54) is 68.6 Å². The van der Waals surface area contributed by atoms with Gasteiger partial charge >= 0.3 is 41.6 Å². The first-order chi connectivity index (χ1) is 29.7. The maximum absolute atomic E-state index is 12.2. The SMILES string of the molecule is CCCCOc1nc(N)c2c(n1)C(Cc1ccc(CN3CCCC3)cc1)=C(C#N)C2.CCCCOc1nc(N)c2c(n1)C(Cc1ccc(CN3CCCC3)cc1)=C(C(N)=O)C2.I.[Na+].[OH-]. The van der Waals surface area contributed by atoms with Crippen LogP contribution in [0, 0.1) is 11.3 Å². The summed E-state index contributed by atoms with van der Waals surface area (Å²) in [6, 6.07) is 20.2. The van der Waals surface area contributed by atoms with Crippen LogP contribution in [-0.4, -0.2) is 80.5 Å². The summed E-state index contributed by atoms with van der Waals surface area (Å²) in [4.78, 5) is 34.9. The average molecular weight is 993 g/mol. The molecule has 4 aromatic rings. The Morgan fingerprint density at radius 3 is 1.50 bits per heavy atom. The van der Waals surface area contributed by atoms with E-state index in [1.807, 2.05) is 0 Å². The van der Waals surface area contributed by atoms with Crippen LogP contribution in [0.2, 0.25) is 0 Å². The van der Waals surface area contributed by atoms with Crippen molar-refractivity contribution < 1.29 is 49.3 Å². The van der Waals surface area contributed by atoms with Gasteiger partial charge in [-0.05, 0) is 98.1 Å². The zero-order chi connectivity index (χ0) is 42.7. The molecule has 4 aliphatic rings. The van der Waals surface area contributed by atoms with Crippen LogP contribution in [0.15, 0.2) is 59.7 Å². The Hall–Kier alpha value is -4.15. The Morgan fingerprint density at radius 1 is 0.672 bits per heavy atom. The fraction of sp³-hybridized carbons (Fsp3) is 0.458. The van der Waals surface area contributed by atoms with Crippen LogP contribution in [0.3, 0.4) is 0 Å². The summed E-state index contributed by atoms with van der Waals surface area (Å²) >= 11 is 0. The van der Waals surface area contributed by atoms with Gasteiger partial charge in [0.25, 0.3) is 0 Å². The number of nitriles is 1. The Morgan fingerprint density at radius 2 is 1.08 bits per heavy atom. The molecule has 64 heavy (non-hydrogen) atoms. The molecule has 1 amide bonds. The number of nitrogens with zero attached hydrogens (tertiary/aromatic N) is 7. The third-order valence-electron chi connectivity index (χ3n) is 12.0. The van der Waals surface area contributed by atoms with Gasteiger partial charge in [-0.3, -0.25) is 14.6 Å². The van der Waals surface area contributed by atoms with Gasteiger partial charge in [-0.15, -0.1) is 24.0 Å². The Kier molecular flexibility index (Phi) is 20.9. The van der Waals surface area contributed by atoms with Crippen LogP contribution < -0.4 is 56.2 Å². The van der Waals surface area contributed by atoms with E-state index >= 15 is 0 Å². The number of amides is 1. The number of hydrogen-bond acceptors (Lipinski definition) is 13. The predicted octanol–water partition coefficient (Wildman–Crippen LogP) is 4.23. The van der Waals surface area contributed by atoms with E-state index in [1.54, 1.807) is 0 Å². The maximum atomic E-state index is 12.2. The molecule has 2 saturated heterocycles. The second-order valence-corrected chi connectivity index (χ2v) is 16.5. The molecule has 8 rings (SSSR count). The summed E-state index contributed by atoms with van der Waals surface area (Å²) in [7, 11) is 0. The number of unbranched alkanes of at least 4 members (excludes halogenated alkanes) is 2. The third kappa shape index (κ3) is 13.5. The van der Waals surface area contributed by atoms with Crippen molar-refractivity contribution in [1.29, 1.82) is 5.26 Å². The summed E-state index contributed by atoms with van der Waals surface area (Å²) in [5, 5.41) is 9.69. The van der Waals surface area contributed by atoms with Crippen molar-refractivity contribution in [2.75, 3.05) is 50.9 Å². The van der Waals surface area contributed by atoms with E-state index in [4.69, 9.17) is 26.7 Å². The van der Waals surface area contributed by atoms with Gasteiger partial charge in [0.05, 0.1) is 30.7 Å². The molecule has 0 bridgehead atoms. The molecule has 4 heterocycles. The Bertz CT molecular complexity index is 2290. The van der Waals surface area contributed by atoms with E-state index in [0.29, 0.717) is 67.8 Å². The van der Waals surface area contributed by atoms with Gasteiger partial charge in [-0.25, -0.2) is 0 Å². The minimum Gasteiger partial charge on any atom is -0.870 e. The van der Waals surface area contributed by atoms with Crippen LogP contribution in [0.5, 0.6) is 12.0 Å². The standard InChI is InChI=1S/C24H31N5O2.C24H29N5O.HI.Na.H2O/c1-2-3-12-31-24-27-21-18(19(23(26)30)14-20(21)22(25)28-24)13-16-6-8-17(9-7-16)15-29-10-4-5-11-29;1-2-3-12-30-24-27-22-20(19(15-25)14-21(22)23(26)28-24)13-17-6-8-18(9-7-17)16-29-10-4-5-11-29;;;/h6-9H,2-5,10-15H2,1H3,(H2,26,30)(H2,25,27,28);6-9H,2-5,10-14,16H2,1H3,(H2,26,27,28);1H;;1H2/q;;;+1;/p-1. The molecule has 336 valence electrons. The number of allylic oxidation sites excluding steroid dienone is 3. The molecule has 14 nitrogen and oxygen atoms in total. The zero-order valence-corrected chi connectivity index (χ0v) is 42.0.